The van der Waals surface area contributed by atoms with Crippen LogP contribution in [0, 0.1) is 15.9 Å². The van der Waals surface area contributed by atoms with Crippen LogP contribution in [0.2, 0.25) is 0 Å². The van der Waals surface area contributed by atoms with Gasteiger partial charge in [0.25, 0.3) is 5.91 Å². The number of rotatable bonds is 2. The van der Waals surface area contributed by atoms with Gasteiger partial charge in [0.05, 0.1) is 11.0 Å². The van der Waals surface area contributed by atoms with Crippen molar-refractivity contribution in [2.45, 2.75) is 19.4 Å². The van der Waals surface area contributed by atoms with E-state index >= 15 is 0 Å². The summed E-state index contributed by atoms with van der Waals surface area (Å²) in [6, 6.07) is 4.32. The fraction of sp³-hybridized carbons (Fsp3) is 0.286. The molecule has 0 aliphatic carbocycles. The van der Waals surface area contributed by atoms with Crippen LogP contribution in [0.15, 0.2) is 24.4 Å². The molecule has 1 aromatic carbocycles. The summed E-state index contributed by atoms with van der Waals surface area (Å²) in [7, 11) is 0. The lowest BCUT2D eigenvalue weighted by molar-refractivity contribution is -0.385. The van der Waals surface area contributed by atoms with Gasteiger partial charge in [0.15, 0.2) is 0 Å². The highest BCUT2D eigenvalue weighted by molar-refractivity contribution is 5.96. The first-order valence-corrected chi connectivity index (χ1v) is 6.76. The van der Waals surface area contributed by atoms with Crippen LogP contribution in [0.4, 0.5) is 10.1 Å². The summed E-state index contributed by atoms with van der Waals surface area (Å²) in [6.07, 6.45) is 1.50. The second-order valence-corrected chi connectivity index (χ2v) is 5.12. The zero-order valence-corrected chi connectivity index (χ0v) is 11.7. The number of hydrogen-bond donors (Lipinski definition) is 1. The highest BCUT2D eigenvalue weighted by Gasteiger charge is 2.34. The van der Waals surface area contributed by atoms with E-state index in [9.17, 15) is 19.3 Å². The first kappa shape index (κ1) is 14.2. The number of halogens is 1. The molecule has 0 saturated carbocycles. The van der Waals surface area contributed by atoms with Crippen LogP contribution in [0.25, 0.3) is 0 Å². The summed E-state index contributed by atoms with van der Waals surface area (Å²) in [5, 5.41) is 16.8. The Balaban J connectivity index is 1.97. The van der Waals surface area contributed by atoms with Crippen LogP contribution in [0.3, 0.4) is 0 Å². The predicted octanol–water partition coefficient (Wildman–Crippen LogP) is 2.22. The highest BCUT2D eigenvalue weighted by atomic mass is 19.1. The monoisotopic (exact) mass is 304 g/mol. The third-order valence-corrected chi connectivity index (χ3v) is 3.94. The van der Waals surface area contributed by atoms with Gasteiger partial charge in [-0.1, -0.05) is 12.1 Å². The molecule has 2 heterocycles. The molecule has 7 nitrogen and oxygen atoms in total. The fourth-order valence-electron chi connectivity index (χ4n) is 2.85. The largest absolute Gasteiger partial charge is 0.330 e. The molecule has 1 unspecified atom stereocenters. The molecule has 1 amide bonds. The molecule has 1 N–H and O–H groups in total. The molecule has 0 fully saturated rings. The van der Waals surface area contributed by atoms with Gasteiger partial charge in [-0.25, -0.2) is 4.39 Å². The maximum absolute atomic E-state index is 14.0. The van der Waals surface area contributed by atoms with Crippen molar-refractivity contribution in [1.29, 1.82) is 0 Å². The maximum atomic E-state index is 14.0. The Morgan fingerprint density at radius 3 is 3.05 bits per heavy atom. The lowest BCUT2D eigenvalue weighted by Gasteiger charge is -2.35. The number of fused-ring (bicyclic) bond motifs is 1. The van der Waals surface area contributed by atoms with Gasteiger partial charge in [0, 0.05) is 12.1 Å². The van der Waals surface area contributed by atoms with E-state index in [1.807, 2.05) is 6.07 Å². The van der Waals surface area contributed by atoms with E-state index in [2.05, 4.69) is 10.2 Å². The zero-order valence-electron chi connectivity index (χ0n) is 11.7. The topological polar surface area (TPSA) is 92.1 Å². The highest BCUT2D eigenvalue weighted by Crippen LogP contribution is 2.33. The number of hydrogen-bond acceptors (Lipinski definition) is 4. The van der Waals surface area contributed by atoms with Crippen molar-refractivity contribution in [1.82, 2.24) is 15.1 Å². The lowest BCUT2D eigenvalue weighted by Crippen LogP contribution is -2.39. The second-order valence-electron chi connectivity index (χ2n) is 5.12. The van der Waals surface area contributed by atoms with Gasteiger partial charge >= 0.3 is 5.69 Å². The van der Waals surface area contributed by atoms with Gasteiger partial charge in [-0.3, -0.25) is 20.0 Å². The van der Waals surface area contributed by atoms with E-state index < -0.39 is 16.9 Å². The Kier molecular flexibility index (Phi) is 3.36. The smallest absolute Gasteiger partial charge is 0.319 e. The normalized spacial score (nSPS) is 17.2. The molecule has 0 radical (unpaired) electrons. The van der Waals surface area contributed by atoms with Crippen molar-refractivity contribution in [3.63, 3.8) is 0 Å². The van der Waals surface area contributed by atoms with Crippen molar-refractivity contribution >= 4 is 11.6 Å². The van der Waals surface area contributed by atoms with E-state index in [0.29, 0.717) is 18.5 Å². The lowest BCUT2D eigenvalue weighted by atomic mass is 9.93. The van der Waals surface area contributed by atoms with Crippen LogP contribution in [0.1, 0.15) is 34.6 Å². The molecule has 1 aliphatic rings. The number of carbonyl (C=O) groups excluding carboxylic acids is 1. The second kappa shape index (κ2) is 5.21. The molecule has 0 bridgehead atoms. The van der Waals surface area contributed by atoms with Gasteiger partial charge in [-0.2, -0.15) is 5.10 Å². The third kappa shape index (κ3) is 2.12. The first-order chi connectivity index (χ1) is 10.5. The zero-order chi connectivity index (χ0) is 15.9. The van der Waals surface area contributed by atoms with Gasteiger partial charge in [0.2, 0.25) is 5.69 Å². The Bertz CT molecular complexity index is 758. The van der Waals surface area contributed by atoms with Gasteiger partial charge in [-0.15, -0.1) is 0 Å². The molecular formula is C14H13FN4O3. The molecule has 0 spiro atoms. The molecule has 8 heteroatoms. The summed E-state index contributed by atoms with van der Waals surface area (Å²) in [4.78, 5) is 24.2. The van der Waals surface area contributed by atoms with Crippen LogP contribution >= 0.6 is 0 Å². The number of nitrogens with zero attached hydrogens (tertiary/aromatic N) is 3. The number of carbonyl (C=O) groups is 1. The molecule has 22 heavy (non-hydrogen) atoms. The van der Waals surface area contributed by atoms with Crippen molar-refractivity contribution < 1.29 is 14.1 Å². The predicted molar refractivity (Wildman–Crippen MR) is 74.8 cm³/mol. The van der Waals surface area contributed by atoms with Crippen molar-refractivity contribution in [3.05, 3.63) is 57.1 Å². The van der Waals surface area contributed by atoms with E-state index in [-0.39, 0.29) is 17.2 Å². The number of H-pyrrole nitrogens is 1. The maximum Gasteiger partial charge on any atom is 0.319 e. The minimum atomic E-state index is -0.667. The minimum absolute atomic E-state index is 0.184. The molecule has 1 atom stereocenters. The summed E-state index contributed by atoms with van der Waals surface area (Å²) in [5.74, 6) is -0.924. The molecular weight excluding hydrogens is 291 g/mol. The van der Waals surface area contributed by atoms with E-state index in [1.54, 1.807) is 13.0 Å². The van der Waals surface area contributed by atoms with E-state index in [1.165, 1.54) is 11.0 Å². The Morgan fingerprint density at radius 2 is 2.32 bits per heavy atom. The van der Waals surface area contributed by atoms with Crippen molar-refractivity contribution in [2.24, 2.45) is 0 Å². The number of nitrogens with one attached hydrogen (secondary N) is 1. The number of benzene rings is 1. The first-order valence-electron chi connectivity index (χ1n) is 6.76. The quantitative estimate of drug-likeness (QED) is 0.680. The Morgan fingerprint density at radius 1 is 1.55 bits per heavy atom. The summed E-state index contributed by atoms with van der Waals surface area (Å²) < 4.78 is 14.0. The minimum Gasteiger partial charge on any atom is -0.330 e. The van der Waals surface area contributed by atoms with Gasteiger partial charge in [0.1, 0.15) is 12.0 Å². The van der Waals surface area contributed by atoms with Gasteiger partial charge < -0.3 is 4.90 Å². The standard InChI is InChI=1S/C14H13FN4O3/c1-8-12-9(3-2-4-10(12)15)5-6-18(8)14(20)13-11(19(21)22)7-16-17-13/h2-4,7-8H,5-6H2,1H3,(H,16,17). The molecule has 1 aromatic heterocycles. The summed E-state index contributed by atoms with van der Waals surface area (Å²) in [6.45, 7) is 2.08. The van der Waals surface area contributed by atoms with Crippen molar-refractivity contribution in [2.75, 3.05) is 6.54 Å². The molecule has 1 aliphatic heterocycles. The number of aromatic amines is 1. The average molecular weight is 304 g/mol. The van der Waals surface area contributed by atoms with Crippen LogP contribution in [0.5, 0.6) is 0 Å². The molecule has 0 saturated heterocycles. The summed E-state index contributed by atoms with van der Waals surface area (Å²) in [5.41, 5.74) is 0.757. The Labute approximate surface area is 124 Å². The van der Waals surface area contributed by atoms with Crippen LogP contribution < -0.4 is 0 Å². The summed E-state index contributed by atoms with van der Waals surface area (Å²) >= 11 is 0. The average Bonchev–Trinajstić information content (AvgIpc) is 2.96. The molecule has 114 valence electrons. The van der Waals surface area contributed by atoms with Crippen LogP contribution in [-0.2, 0) is 6.42 Å². The van der Waals surface area contributed by atoms with Crippen LogP contribution in [-0.4, -0.2) is 32.5 Å². The SMILES string of the molecule is CC1c2c(F)cccc2CCN1C(=O)c1[nH]ncc1[N+](=O)[O-]. The fourth-order valence-corrected chi connectivity index (χ4v) is 2.85. The Hall–Kier alpha value is -2.77. The van der Waals surface area contributed by atoms with Crippen molar-refractivity contribution in [3.8, 4) is 0 Å². The van der Waals surface area contributed by atoms with Gasteiger partial charge in [-0.05, 0) is 25.0 Å². The van der Waals surface area contributed by atoms with E-state index in [0.717, 1.165) is 11.8 Å². The number of nitro groups is 1. The molecule has 3 rings (SSSR count). The third-order valence-electron chi connectivity index (χ3n) is 3.94. The number of amides is 1. The number of aromatic nitrogens is 2. The molecule has 2 aromatic rings. The van der Waals surface area contributed by atoms with E-state index in [4.69, 9.17) is 0 Å².